The monoisotopic (exact) mass is 270 g/mol. The third kappa shape index (κ3) is 3.96. The minimum Gasteiger partial charge on any atom is -0.466 e. The zero-order chi connectivity index (χ0) is 13.8. The minimum atomic E-state index is -3.37. The Hall–Kier alpha value is -1.69. The Labute approximate surface area is 106 Å². The van der Waals surface area contributed by atoms with Crippen LogP contribution in [0.2, 0.25) is 0 Å². The van der Waals surface area contributed by atoms with Crippen LogP contribution in [-0.2, 0) is 19.4 Å². The molecule has 0 atom stereocenters. The Morgan fingerprint density at radius 3 is 2.50 bits per heavy atom. The van der Waals surface area contributed by atoms with Gasteiger partial charge in [0.2, 0.25) is 0 Å². The highest BCUT2D eigenvalue weighted by Gasteiger charge is 2.15. The van der Waals surface area contributed by atoms with E-state index < -0.39 is 21.6 Å². The number of carbonyl (C=O) groups is 2. The second-order valence-electron chi connectivity index (χ2n) is 3.70. The summed E-state index contributed by atoms with van der Waals surface area (Å²) >= 11 is 0. The molecule has 0 aliphatic carbocycles. The maximum Gasteiger partial charge on any atom is 0.313 e. The molecular weight excluding hydrogens is 256 g/mol. The first-order valence-electron chi connectivity index (χ1n) is 5.33. The van der Waals surface area contributed by atoms with Crippen LogP contribution in [-0.4, -0.2) is 33.0 Å². The average Bonchev–Trinajstić information content (AvgIpc) is 2.28. The third-order valence-electron chi connectivity index (χ3n) is 2.19. The Kier molecular flexibility index (Phi) is 4.61. The molecule has 6 heteroatoms. The highest BCUT2D eigenvalue weighted by molar-refractivity contribution is 7.90. The average molecular weight is 270 g/mol. The summed E-state index contributed by atoms with van der Waals surface area (Å²) in [5.41, 5.74) is 0.186. The van der Waals surface area contributed by atoms with Crippen LogP contribution in [0.15, 0.2) is 29.2 Å². The van der Waals surface area contributed by atoms with Gasteiger partial charge >= 0.3 is 5.97 Å². The molecule has 0 fully saturated rings. The van der Waals surface area contributed by atoms with E-state index in [1.165, 1.54) is 24.3 Å². The van der Waals surface area contributed by atoms with Crippen molar-refractivity contribution in [1.29, 1.82) is 0 Å². The van der Waals surface area contributed by atoms with Crippen LogP contribution in [0, 0.1) is 0 Å². The normalized spacial score (nSPS) is 11.0. The van der Waals surface area contributed by atoms with Gasteiger partial charge in [0.05, 0.1) is 11.5 Å². The molecule has 0 spiro atoms. The molecule has 18 heavy (non-hydrogen) atoms. The number of hydrogen-bond acceptors (Lipinski definition) is 5. The van der Waals surface area contributed by atoms with Crippen molar-refractivity contribution in [2.24, 2.45) is 0 Å². The molecule has 0 saturated heterocycles. The summed E-state index contributed by atoms with van der Waals surface area (Å²) in [6.45, 7) is 1.85. The lowest BCUT2D eigenvalue weighted by atomic mass is 10.1. The van der Waals surface area contributed by atoms with Crippen molar-refractivity contribution < 1.29 is 22.7 Å². The van der Waals surface area contributed by atoms with Crippen molar-refractivity contribution in [3.8, 4) is 0 Å². The first-order valence-corrected chi connectivity index (χ1v) is 7.22. The highest BCUT2D eigenvalue weighted by Crippen LogP contribution is 2.13. The van der Waals surface area contributed by atoms with Crippen molar-refractivity contribution in [2.45, 2.75) is 18.2 Å². The molecule has 0 bridgehead atoms. The van der Waals surface area contributed by atoms with E-state index in [4.69, 9.17) is 0 Å². The van der Waals surface area contributed by atoms with Gasteiger partial charge in [0.15, 0.2) is 15.6 Å². The van der Waals surface area contributed by atoms with E-state index in [2.05, 4.69) is 4.74 Å². The van der Waals surface area contributed by atoms with Crippen molar-refractivity contribution in [1.82, 2.24) is 0 Å². The van der Waals surface area contributed by atoms with Crippen LogP contribution >= 0.6 is 0 Å². The predicted octanol–water partition coefficient (Wildman–Crippen LogP) is 1.23. The molecule has 0 heterocycles. The Morgan fingerprint density at radius 1 is 1.28 bits per heavy atom. The summed E-state index contributed by atoms with van der Waals surface area (Å²) in [6.07, 6.45) is 0.670. The molecule has 1 rings (SSSR count). The lowest BCUT2D eigenvalue weighted by Crippen LogP contribution is -2.11. The summed E-state index contributed by atoms with van der Waals surface area (Å²) in [5.74, 6) is -1.08. The zero-order valence-corrected chi connectivity index (χ0v) is 11.0. The molecule has 0 radical (unpaired) electrons. The van der Waals surface area contributed by atoms with Gasteiger partial charge in [0.1, 0.15) is 6.42 Å². The van der Waals surface area contributed by atoms with Crippen molar-refractivity contribution in [3.63, 3.8) is 0 Å². The van der Waals surface area contributed by atoms with Gasteiger partial charge in [-0.05, 0) is 19.1 Å². The number of benzene rings is 1. The van der Waals surface area contributed by atoms with Crippen LogP contribution in [0.5, 0.6) is 0 Å². The summed E-state index contributed by atoms with van der Waals surface area (Å²) in [7, 11) is -3.37. The van der Waals surface area contributed by atoms with Crippen molar-refractivity contribution >= 4 is 21.6 Å². The number of rotatable bonds is 5. The number of hydrogen-bond donors (Lipinski definition) is 0. The van der Waals surface area contributed by atoms with Crippen LogP contribution in [0.4, 0.5) is 0 Å². The molecule has 0 unspecified atom stereocenters. The first kappa shape index (κ1) is 14.4. The zero-order valence-electron chi connectivity index (χ0n) is 10.2. The quantitative estimate of drug-likeness (QED) is 0.457. The molecule has 0 amide bonds. The SMILES string of the molecule is CCOC(=O)CC(=O)c1cccc(S(C)(=O)=O)c1. The van der Waals surface area contributed by atoms with E-state index in [1.807, 2.05) is 0 Å². The Balaban J connectivity index is 2.91. The van der Waals surface area contributed by atoms with Gasteiger partial charge in [-0.25, -0.2) is 8.42 Å². The van der Waals surface area contributed by atoms with Crippen LogP contribution in [0.3, 0.4) is 0 Å². The predicted molar refractivity (Wildman–Crippen MR) is 65.1 cm³/mol. The van der Waals surface area contributed by atoms with Crippen molar-refractivity contribution in [2.75, 3.05) is 12.9 Å². The number of ketones is 1. The summed E-state index contributed by atoms with van der Waals surface area (Å²) in [5, 5.41) is 0. The van der Waals surface area contributed by atoms with Gasteiger partial charge in [0.25, 0.3) is 0 Å². The standard InChI is InChI=1S/C12H14O5S/c1-3-17-12(14)8-11(13)9-5-4-6-10(7-9)18(2,15)16/h4-7H,3,8H2,1-2H3. The molecule has 0 aromatic heterocycles. The maximum atomic E-state index is 11.7. The number of sulfone groups is 1. The van der Waals surface area contributed by atoms with Crippen LogP contribution < -0.4 is 0 Å². The van der Waals surface area contributed by atoms with E-state index in [1.54, 1.807) is 6.92 Å². The van der Waals surface area contributed by atoms with Crippen molar-refractivity contribution in [3.05, 3.63) is 29.8 Å². The summed E-state index contributed by atoms with van der Waals surface area (Å²) < 4.78 is 27.3. The van der Waals surface area contributed by atoms with E-state index in [0.29, 0.717) is 0 Å². The van der Waals surface area contributed by atoms with Gasteiger partial charge < -0.3 is 4.74 Å². The van der Waals surface area contributed by atoms with Crippen LogP contribution in [0.1, 0.15) is 23.7 Å². The fourth-order valence-electron chi connectivity index (χ4n) is 1.35. The molecule has 0 saturated carbocycles. The molecule has 98 valence electrons. The lowest BCUT2D eigenvalue weighted by Gasteiger charge is -2.03. The van der Waals surface area contributed by atoms with E-state index in [0.717, 1.165) is 6.26 Å². The van der Waals surface area contributed by atoms with Gasteiger partial charge in [-0.15, -0.1) is 0 Å². The molecular formula is C12H14O5S. The Morgan fingerprint density at radius 2 is 1.94 bits per heavy atom. The number of carbonyl (C=O) groups excluding carboxylic acids is 2. The first-order chi connectivity index (χ1) is 8.34. The lowest BCUT2D eigenvalue weighted by molar-refractivity contribution is -0.141. The van der Waals surface area contributed by atoms with Gasteiger partial charge in [-0.1, -0.05) is 12.1 Å². The third-order valence-corrected chi connectivity index (χ3v) is 3.30. The molecule has 0 N–H and O–H groups in total. The van der Waals surface area contributed by atoms with Crippen LogP contribution in [0.25, 0.3) is 0 Å². The molecule has 5 nitrogen and oxygen atoms in total. The van der Waals surface area contributed by atoms with E-state index >= 15 is 0 Å². The van der Waals surface area contributed by atoms with Gasteiger partial charge in [-0.3, -0.25) is 9.59 Å². The van der Waals surface area contributed by atoms with E-state index in [9.17, 15) is 18.0 Å². The smallest absolute Gasteiger partial charge is 0.313 e. The second-order valence-corrected chi connectivity index (χ2v) is 5.72. The molecule has 1 aromatic carbocycles. The molecule has 0 aliphatic heterocycles. The number of ether oxygens (including phenoxy) is 1. The topological polar surface area (TPSA) is 77.5 Å². The molecule has 1 aromatic rings. The Bertz CT molecular complexity index is 560. The fraction of sp³-hybridized carbons (Fsp3) is 0.333. The van der Waals surface area contributed by atoms with Gasteiger partial charge in [0, 0.05) is 11.8 Å². The largest absolute Gasteiger partial charge is 0.466 e. The molecule has 0 aliphatic rings. The fourth-order valence-corrected chi connectivity index (χ4v) is 2.01. The maximum absolute atomic E-state index is 11.7. The number of Topliss-reactive ketones (excluding diaryl/α,β-unsaturated/α-hetero) is 1. The second kappa shape index (κ2) is 5.77. The highest BCUT2D eigenvalue weighted by atomic mass is 32.2. The van der Waals surface area contributed by atoms with E-state index in [-0.39, 0.29) is 23.5 Å². The summed E-state index contributed by atoms with van der Waals surface area (Å²) in [4.78, 5) is 22.9. The summed E-state index contributed by atoms with van der Waals surface area (Å²) in [6, 6.07) is 5.60. The number of esters is 1. The van der Waals surface area contributed by atoms with Gasteiger partial charge in [-0.2, -0.15) is 0 Å². The minimum absolute atomic E-state index is 0.0530.